The first-order valence-corrected chi connectivity index (χ1v) is 8.75. The van der Waals surface area contributed by atoms with E-state index in [1.165, 1.54) is 37.7 Å². The summed E-state index contributed by atoms with van der Waals surface area (Å²) in [6.07, 6.45) is 6.81. The van der Waals surface area contributed by atoms with E-state index in [4.69, 9.17) is 4.42 Å². The average molecular weight is 327 g/mol. The lowest BCUT2D eigenvalue weighted by Crippen LogP contribution is -2.28. The molecule has 0 N–H and O–H groups in total. The number of hydrogen-bond acceptors (Lipinski definition) is 4. The van der Waals surface area contributed by atoms with Crippen LogP contribution in [0.5, 0.6) is 0 Å². The number of rotatable bonds is 5. The van der Waals surface area contributed by atoms with Crippen molar-refractivity contribution < 1.29 is 9.21 Å². The molecule has 0 spiro atoms. The number of benzene rings is 1. The van der Waals surface area contributed by atoms with Crippen LogP contribution in [0.2, 0.25) is 0 Å². The average Bonchev–Trinajstić information content (AvgIpc) is 3.05. The molecule has 128 valence electrons. The smallest absolute Gasteiger partial charge is 0.247 e. The number of carbonyl (C=O) groups excluding carboxylic acids is 1. The SMILES string of the molecule is Cc1ccc(-c2nnc(CN(C)C(=O)CC3CCCCC3)o2)cc1. The maximum atomic E-state index is 12.4. The Morgan fingerprint density at radius 1 is 1.17 bits per heavy atom. The van der Waals surface area contributed by atoms with Crippen molar-refractivity contribution in [3.05, 3.63) is 35.7 Å². The minimum atomic E-state index is 0.164. The Labute approximate surface area is 143 Å². The van der Waals surface area contributed by atoms with E-state index in [-0.39, 0.29) is 5.91 Å². The minimum absolute atomic E-state index is 0.164. The van der Waals surface area contributed by atoms with Gasteiger partial charge in [-0.25, -0.2) is 0 Å². The summed E-state index contributed by atoms with van der Waals surface area (Å²) in [5, 5.41) is 8.16. The molecule has 1 aromatic carbocycles. The second-order valence-electron chi connectivity index (χ2n) is 6.82. The van der Waals surface area contributed by atoms with Crippen molar-refractivity contribution >= 4 is 5.91 Å². The van der Waals surface area contributed by atoms with Crippen LogP contribution in [0.4, 0.5) is 0 Å². The van der Waals surface area contributed by atoms with E-state index in [0.29, 0.717) is 30.7 Å². The molecule has 0 aliphatic heterocycles. The molecule has 0 atom stereocenters. The Hall–Kier alpha value is -2.17. The van der Waals surface area contributed by atoms with Crippen LogP contribution >= 0.6 is 0 Å². The van der Waals surface area contributed by atoms with Crippen molar-refractivity contribution in [3.8, 4) is 11.5 Å². The molecule has 0 unspecified atom stereocenters. The van der Waals surface area contributed by atoms with Crippen LogP contribution in [-0.4, -0.2) is 28.1 Å². The van der Waals surface area contributed by atoms with Gasteiger partial charge < -0.3 is 9.32 Å². The maximum absolute atomic E-state index is 12.4. The molecule has 2 aromatic rings. The molecule has 5 heteroatoms. The van der Waals surface area contributed by atoms with E-state index < -0.39 is 0 Å². The Kier molecular flexibility index (Phi) is 5.28. The van der Waals surface area contributed by atoms with Crippen molar-refractivity contribution in [2.45, 2.75) is 52.0 Å². The van der Waals surface area contributed by atoms with Crippen LogP contribution in [0.25, 0.3) is 11.5 Å². The maximum Gasteiger partial charge on any atom is 0.247 e. The molecule has 0 saturated heterocycles. The number of aryl methyl sites for hydroxylation is 1. The predicted molar refractivity (Wildman–Crippen MR) is 92.1 cm³/mol. The second kappa shape index (κ2) is 7.60. The number of amides is 1. The third kappa shape index (κ3) is 4.22. The summed E-state index contributed by atoms with van der Waals surface area (Å²) in [6, 6.07) is 7.95. The first kappa shape index (κ1) is 16.7. The van der Waals surface area contributed by atoms with E-state index in [9.17, 15) is 4.79 Å². The van der Waals surface area contributed by atoms with E-state index in [2.05, 4.69) is 10.2 Å². The van der Waals surface area contributed by atoms with Gasteiger partial charge in [0.2, 0.25) is 17.7 Å². The highest BCUT2D eigenvalue weighted by atomic mass is 16.4. The van der Waals surface area contributed by atoms with Crippen LogP contribution in [0, 0.1) is 12.8 Å². The topological polar surface area (TPSA) is 59.2 Å². The number of hydrogen-bond donors (Lipinski definition) is 0. The van der Waals surface area contributed by atoms with E-state index in [1.54, 1.807) is 11.9 Å². The van der Waals surface area contributed by atoms with Gasteiger partial charge in [-0.2, -0.15) is 0 Å². The first-order chi connectivity index (χ1) is 11.6. The van der Waals surface area contributed by atoms with Gasteiger partial charge in [0.05, 0.1) is 6.54 Å². The van der Waals surface area contributed by atoms with Crippen LogP contribution in [-0.2, 0) is 11.3 Å². The molecule has 1 aromatic heterocycles. The van der Waals surface area contributed by atoms with Crippen LogP contribution in [0.1, 0.15) is 50.0 Å². The summed E-state index contributed by atoms with van der Waals surface area (Å²) in [5.41, 5.74) is 2.09. The molecule has 3 rings (SSSR count). The number of nitrogens with zero attached hydrogens (tertiary/aromatic N) is 3. The quantitative estimate of drug-likeness (QED) is 0.833. The second-order valence-corrected chi connectivity index (χ2v) is 6.82. The van der Waals surface area contributed by atoms with Gasteiger partial charge in [0, 0.05) is 19.0 Å². The zero-order valence-electron chi connectivity index (χ0n) is 14.5. The largest absolute Gasteiger partial charge is 0.419 e. The molecule has 0 bridgehead atoms. The molecule has 1 aliphatic rings. The molecule has 0 radical (unpaired) electrons. The van der Waals surface area contributed by atoms with Gasteiger partial charge in [0.1, 0.15) is 0 Å². The van der Waals surface area contributed by atoms with Crippen molar-refractivity contribution in [2.75, 3.05) is 7.05 Å². The van der Waals surface area contributed by atoms with Gasteiger partial charge in [-0.1, -0.05) is 37.0 Å². The van der Waals surface area contributed by atoms with Crippen molar-refractivity contribution in [2.24, 2.45) is 5.92 Å². The fraction of sp³-hybridized carbons (Fsp3) is 0.526. The van der Waals surface area contributed by atoms with Gasteiger partial charge in [-0.05, 0) is 37.8 Å². The molecule has 1 heterocycles. The Balaban J connectivity index is 1.57. The lowest BCUT2D eigenvalue weighted by molar-refractivity contribution is -0.131. The summed E-state index contributed by atoms with van der Waals surface area (Å²) >= 11 is 0. The van der Waals surface area contributed by atoms with Crippen molar-refractivity contribution in [1.29, 1.82) is 0 Å². The van der Waals surface area contributed by atoms with Gasteiger partial charge in [0.15, 0.2) is 0 Å². The summed E-state index contributed by atoms with van der Waals surface area (Å²) in [5.74, 6) is 1.68. The first-order valence-electron chi connectivity index (χ1n) is 8.75. The van der Waals surface area contributed by atoms with E-state index in [0.717, 1.165) is 5.56 Å². The molecule has 5 nitrogen and oxygen atoms in total. The minimum Gasteiger partial charge on any atom is -0.419 e. The third-order valence-electron chi connectivity index (χ3n) is 4.75. The fourth-order valence-electron chi connectivity index (χ4n) is 3.22. The van der Waals surface area contributed by atoms with Crippen molar-refractivity contribution in [3.63, 3.8) is 0 Å². The highest BCUT2D eigenvalue weighted by molar-refractivity contribution is 5.76. The highest BCUT2D eigenvalue weighted by Gasteiger charge is 2.20. The Morgan fingerprint density at radius 2 is 1.88 bits per heavy atom. The zero-order valence-corrected chi connectivity index (χ0v) is 14.5. The molecular weight excluding hydrogens is 302 g/mol. The van der Waals surface area contributed by atoms with Gasteiger partial charge in [0.25, 0.3) is 0 Å². The van der Waals surface area contributed by atoms with Crippen LogP contribution in [0.15, 0.2) is 28.7 Å². The lowest BCUT2D eigenvalue weighted by Gasteiger charge is -2.23. The molecule has 24 heavy (non-hydrogen) atoms. The summed E-state index contributed by atoms with van der Waals surface area (Å²) in [6.45, 7) is 2.40. The summed E-state index contributed by atoms with van der Waals surface area (Å²) in [4.78, 5) is 14.1. The molecule has 1 saturated carbocycles. The lowest BCUT2D eigenvalue weighted by atomic mass is 9.87. The third-order valence-corrected chi connectivity index (χ3v) is 4.75. The number of carbonyl (C=O) groups is 1. The van der Waals surface area contributed by atoms with Gasteiger partial charge >= 0.3 is 0 Å². The van der Waals surface area contributed by atoms with Gasteiger partial charge in [-0.15, -0.1) is 10.2 Å². The van der Waals surface area contributed by atoms with Crippen LogP contribution < -0.4 is 0 Å². The summed E-state index contributed by atoms with van der Waals surface area (Å²) < 4.78 is 5.70. The molecule has 1 aliphatic carbocycles. The molecule has 1 fully saturated rings. The predicted octanol–water partition coefficient (Wildman–Crippen LogP) is 3.97. The molecule has 1 amide bonds. The van der Waals surface area contributed by atoms with E-state index in [1.807, 2.05) is 31.2 Å². The van der Waals surface area contributed by atoms with Crippen molar-refractivity contribution in [1.82, 2.24) is 15.1 Å². The van der Waals surface area contributed by atoms with E-state index >= 15 is 0 Å². The summed E-state index contributed by atoms with van der Waals surface area (Å²) in [7, 11) is 1.81. The Bertz CT molecular complexity index is 672. The van der Waals surface area contributed by atoms with Crippen LogP contribution in [0.3, 0.4) is 0 Å². The number of aromatic nitrogens is 2. The fourth-order valence-corrected chi connectivity index (χ4v) is 3.22. The monoisotopic (exact) mass is 327 g/mol. The highest BCUT2D eigenvalue weighted by Crippen LogP contribution is 2.27. The Morgan fingerprint density at radius 3 is 2.58 bits per heavy atom. The zero-order chi connectivity index (χ0) is 16.9. The molecular formula is C19H25N3O2. The normalized spacial score (nSPS) is 15.4. The van der Waals surface area contributed by atoms with Gasteiger partial charge in [-0.3, -0.25) is 4.79 Å². The standard InChI is InChI=1S/C19H25N3O2/c1-14-8-10-16(11-9-14)19-21-20-17(24-19)13-22(2)18(23)12-15-6-4-3-5-7-15/h8-11,15H,3-7,12-13H2,1-2H3.